The summed E-state index contributed by atoms with van der Waals surface area (Å²) in [5.74, 6) is -0.667. The summed E-state index contributed by atoms with van der Waals surface area (Å²) in [7, 11) is 3.10. The molecule has 0 aliphatic carbocycles. The van der Waals surface area contributed by atoms with Crippen LogP contribution in [-0.2, 0) is 9.47 Å². The van der Waals surface area contributed by atoms with Crippen LogP contribution >= 0.6 is 0 Å². The fourth-order valence-corrected chi connectivity index (χ4v) is 0.0833. The van der Waals surface area contributed by atoms with Gasteiger partial charge >= 0.3 is 0 Å². The van der Waals surface area contributed by atoms with Crippen molar-refractivity contribution >= 4 is 0 Å². The van der Waals surface area contributed by atoms with Crippen molar-refractivity contribution in [2.24, 2.45) is 0 Å². The Morgan fingerprint density at radius 3 is 1.57 bits per heavy atom. The van der Waals surface area contributed by atoms with E-state index < -0.39 is 5.79 Å². The predicted octanol–water partition coefficient (Wildman–Crippen LogP) is 0.829. The minimum Gasteiger partial charge on any atom is -0.384 e. The van der Waals surface area contributed by atoms with Crippen LogP contribution in [-0.4, -0.2) is 20.0 Å². The zero-order valence-corrected chi connectivity index (χ0v) is 5.02. The Morgan fingerprint density at radius 2 is 1.57 bits per heavy atom. The van der Waals surface area contributed by atoms with E-state index in [0.717, 1.165) is 0 Å². The zero-order chi connectivity index (χ0) is 5.91. The monoisotopic (exact) mass is 103 g/mol. The molecule has 0 aliphatic rings. The molecule has 0 saturated carbocycles. The van der Waals surface area contributed by atoms with Crippen LogP contribution in [0.15, 0.2) is 0 Å². The predicted molar refractivity (Wildman–Crippen MR) is 27.8 cm³/mol. The molecule has 0 aromatic heterocycles. The quantitative estimate of drug-likeness (QED) is 0.380. The third kappa shape index (κ3) is 2.60. The third-order valence-electron chi connectivity index (χ3n) is 0.864. The zero-order valence-electron chi connectivity index (χ0n) is 5.02. The van der Waals surface area contributed by atoms with E-state index in [9.17, 15) is 0 Å². The van der Waals surface area contributed by atoms with Crippen molar-refractivity contribution in [2.75, 3.05) is 14.2 Å². The molecule has 0 rings (SSSR count). The molecule has 44 valence electrons. The summed E-state index contributed by atoms with van der Waals surface area (Å²) in [6.45, 7) is 5.31. The SMILES string of the molecule is [CH2-]C(C)(OC)OC. The number of ether oxygens (including phenoxy) is 2. The Hall–Kier alpha value is -0.0800. The molecular weight excluding hydrogens is 92.1 g/mol. The van der Waals surface area contributed by atoms with Gasteiger partial charge in [-0.2, -0.15) is 0 Å². The first kappa shape index (κ1) is 6.92. The van der Waals surface area contributed by atoms with Crippen molar-refractivity contribution in [3.63, 3.8) is 0 Å². The highest BCUT2D eigenvalue weighted by Gasteiger charge is 2.02. The van der Waals surface area contributed by atoms with Crippen molar-refractivity contribution in [1.82, 2.24) is 0 Å². The molecule has 0 amide bonds. The van der Waals surface area contributed by atoms with Crippen molar-refractivity contribution in [1.29, 1.82) is 0 Å². The Morgan fingerprint density at radius 1 is 1.29 bits per heavy atom. The van der Waals surface area contributed by atoms with Crippen LogP contribution < -0.4 is 0 Å². The van der Waals surface area contributed by atoms with Crippen molar-refractivity contribution in [2.45, 2.75) is 12.7 Å². The first-order valence-corrected chi connectivity index (χ1v) is 2.08. The minimum atomic E-state index is -0.667. The molecule has 0 aromatic rings. The summed E-state index contributed by atoms with van der Waals surface area (Å²) >= 11 is 0. The maximum Gasteiger partial charge on any atom is 0.0408 e. The number of hydrogen-bond donors (Lipinski definition) is 0. The number of rotatable bonds is 2. The third-order valence-corrected chi connectivity index (χ3v) is 0.864. The molecular formula is C5H11O2-. The van der Waals surface area contributed by atoms with E-state index >= 15 is 0 Å². The molecule has 2 heteroatoms. The molecule has 0 atom stereocenters. The van der Waals surface area contributed by atoms with Gasteiger partial charge in [-0.3, -0.25) is 6.92 Å². The fraction of sp³-hybridized carbons (Fsp3) is 0.800. The first-order valence-electron chi connectivity index (χ1n) is 2.08. The normalized spacial score (nSPS) is 12.0. The van der Waals surface area contributed by atoms with E-state index in [2.05, 4.69) is 6.92 Å². The van der Waals surface area contributed by atoms with Gasteiger partial charge in [-0.15, -0.1) is 0 Å². The van der Waals surface area contributed by atoms with E-state index in [1.807, 2.05) is 0 Å². The van der Waals surface area contributed by atoms with E-state index in [4.69, 9.17) is 9.47 Å². The molecule has 0 fully saturated rings. The van der Waals surface area contributed by atoms with Gasteiger partial charge < -0.3 is 9.47 Å². The van der Waals surface area contributed by atoms with Crippen LogP contribution in [0.5, 0.6) is 0 Å². The molecule has 7 heavy (non-hydrogen) atoms. The average Bonchev–Trinajstić information content (AvgIpc) is 1.68. The lowest BCUT2D eigenvalue weighted by atomic mass is 10.4. The summed E-state index contributed by atoms with van der Waals surface area (Å²) in [6, 6.07) is 0. The lowest BCUT2D eigenvalue weighted by molar-refractivity contribution is -0.158. The van der Waals surface area contributed by atoms with E-state index in [1.54, 1.807) is 21.1 Å². The topological polar surface area (TPSA) is 18.5 Å². The highest BCUT2D eigenvalue weighted by Crippen LogP contribution is 2.04. The van der Waals surface area contributed by atoms with Crippen LogP contribution in [0.4, 0.5) is 0 Å². The summed E-state index contributed by atoms with van der Waals surface area (Å²) in [4.78, 5) is 0. The number of hydrogen-bond acceptors (Lipinski definition) is 2. The van der Waals surface area contributed by atoms with E-state index in [-0.39, 0.29) is 0 Å². The maximum atomic E-state index is 4.75. The van der Waals surface area contributed by atoms with Gasteiger partial charge in [0.2, 0.25) is 0 Å². The minimum absolute atomic E-state index is 0.667. The molecule has 2 nitrogen and oxygen atoms in total. The Kier molecular flexibility index (Phi) is 2.26. The van der Waals surface area contributed by atoms with Crippen LogP contribution in [0.1, 0.15) is 6.92 Å². The molecule has 0 bridgehead atoms. The second kappa shape index (κ2) is 2.28. The maximum absolute atomic E-state index is 4.75. The van der Waals surface area contributed by atoms with Crippen molar-refractivity contribution in [3.05, 3.63) is 6.92 Å². The largest absolute Gasteiger partial charge is 0.384 e. The first-order chi connectivity index (χ1) is 3.12. The lowest BCUT2D eigenvalue weighted by Crippen LogP contribution is -2.24. The van der Waals surface area contributed by atoms with Crippen LogP contribution in [0.3, 0.4) is 0 Å². The average molecular weight is 103 g/mol. The molecule has 0 spiro atoms. The molecule has 0 saturated heterocycles. The molecule has 0 unspecified atom stereocenters. The molecule has 0 heterocycles. The van der Waals surface area contributed by atoms with Gasteiger partial charge in [0, 0.05) is 20.0 Å². The van der Waals surface area contributed by atoms with Gasteiger partial charge in [-0.1, -0.05) is 0 Å². The summed E-state index contributed by atoms with van der Waals surface area (Å²) < 4.78 is 9.51. The van der Waals surface area contributed by atoms with E-state index in [1.165, 1.54) is 0 Å². The van der Waals surface area contributed by atoms with Gasteiger partial charge in [0.25, 0.3) is 0 Å². The molecule has 0 N–H and O–H groups in total. The summed E-state index contributed by atoms with van der Waals surface area (Å²) in [5, 5.41) is 0. The lowest BCUT2D eigenvalue weighted by Gasteiger charge is -2.28. The van der Waals surface area contributed by atoms with Gasteiger partial charge in [-0.05, 0) is 6.92 Å². The van der Waals surface area contributed by atoms with Crippen LogP contribution in [0.2, 0.25) is 0 Å². The number of methoxy groups -OCH3 is 2. The molecule has 0 aromatic carbocycles. The van der Waals surface area contributed by atoms with Crippen molar-refractivity contribution < 1.29 is 9.47 Å². The highest BCUT2D eigenvalue weighted by atomic mass is 16.7. The molecule has 0 aliphatic heterocycles. The summed E-state index contributed by atoms with van der Waals surface area (Å²) in [5.41, 5.74) is 0. The second-order valence-electron chi connectivity index (χ2n) is 1.54. The van der Waals surface area contributed by atoms with E-state index in [0.29, 0.717) is 0 Å². The van der Waals surface area contributed by atoms with Crippen molar-refractivity contribution in [3.8, 4) is 0 Å². The Bertz CT molecular complexity index is 44.0. The fourth-order valence-electron chi connectivity index (χ4n) is 0.0833. The van der Waals surface area contributed by atoms with Gasteiger partial charge in [0.05, 0.1) is 0 Å². The van der Waals surface area contributed by atoms with Crippen LogP contribution in [0.25, 0.3) is 0 Å². The summed E-state index contributed by atoms with van der Waals surface area (Å²) in [6.07, 6.45) is 0. The van der Waals surface area contributed by atoms with Crippen LogP contribution in [0, 0.1) is 6.92 Å². The van der Waals surface area contributed by atoms with Gasteiger partial charge in [0.1, 0.15) is 0 Å². The van der Waals surface area contributed by atoms with Gasteiger partial charge in [-0.25, -0.2) is 0 Å². The molecule has 0 radical (unpaired) electrons. The second-order valence-corrected chi connectivity index (χ2v) is 1.54. The standard InChI is InChI=1S/C5H11O2/c1-5(2,6-3)7-4/h1H2,2-4H3/q-1. The smallest absolute Gasteiger partial charge is 0.0408 e. The van der Waals surface area contributed by atoms with Gasteiger partial charge in [0.15, 0.2) is 0 Å². The Balaban J connectivity index is 3.36. The highest BCUT2D eigenvalue weighted by molar-refractivity contribution is 4.61. The Labute approximate surface area is 44.4 Å².